The number of benzene rings is 3. The molecule has 0 bridgehead atoms. The Morgan fingerprint density at radius 2 is 1.55 bits per heavy atom. The van der Waals surface area contributed by atoms with E-state index < -0.39 is 17.8 Å². The number of carboxylic acid groups (broad SMARTS) is 1. The summed E-state index contributed by atoms with van der Waals surface area (Å²) in [6, 6.07) is 24.4. The fourth-order valence-corrected chi connectivity index (χ4v) is 3.37. The van der Waals surface area contributed by atoms with Gasteiger partial charge < -0.3 is 15.7 Å². The van der Waals surface area contributed by atoms with Gasteiger partial charge in [0.25, 0.3) is 5.91 Å². The van der Waals surface area contributed by atoms with E-state index >= 15 is 0 Å². The monoisotopic (exact) mass is 416 g/mol. The summed E-state index contributed by atoms with van der Waals surface area (Å²) in [6.07, 6.45) is 0.0530. The molecule has 158 valence electrons. The van der Waals surface area contributed by atoms with Crippen LogP contribution in [0.15, 0.2) is 78.9 Å². The van der Waals surface area contributed by atoms with Crippen LogP contribution >= 0.6 is 0 Å². The van der Waals surface area contributed by atoms with Crippen molar-refractivity contribution >= 4 is 17.8 Å². The summed E-state index contributed by atoms with van der Waals surface area (Å²) in [5.74, 6) is -3.36. The Morgan fingerprint density at radius 1 is 0.871 bits per heavy atom. The molecule has 0 fully saturated rings. The van der Waals surface area contributed by atoms with Gasteiger partial charge in [-0.2, -0.15) is 0 Å². The molecule has 3 rings (SSSR count). The maximum absolute atomic E-state index is 12.6. The highest BCUT2D eigenvalue weighted by Gasteiger charge is 2.23. The summed E-state index contributed by atoms with van der Waals surface area (Å²) in [5, 5.41) is 9.12. The topological polar surface area (TPSA) is 101 Å². The Bertz CT molecular complexity index is 1060. The van der Waals surface area contributed by atoms with Gasteiger partial charge in [-0.05, 0) is 46.9 Å². The maximum atomic E-state index is 12.6. The van der Waals surface area contributed by atoms with Crippen LogP contribution in [0.25, 0.3) is 11.1 Å². The molecule has 2 amide bonds. The molecule has 1 unspecified atom stereocenters. The minimum Gasteiger partial charge on any atom is -0.481 e. The second-order valence-corrected chi connectivity index (χ2v) is 7.42. The summed E-state index contributed by atoms with van der Waals surface area (Å²) in [5.41, 5.74) is 9.47. The average molecular weight is 416 g/mol. The van der Waals surface area contributed by atoms with Crippen LogP contribution in [-0.2, 0) is 22.6 Å². The minimum atomic E-state index is -1.24. The summed E-state index contributed by atoms with van der Waals surface area (Å²) < 4.78 is 0. The third-order valence-electron chi connectivity index (χ3n) is 5.08. The van der Waals surface area contributed by atoms with E-state index in [1.807, 2.05) is 54.6 Å². The van der Waals surface area contributed by atoms with Crippen molar-refractivity contribution < 1.29 is 19.5 Å². The van der Waals surface area contributed by atoms with Crippen LogP contribution in [0.3, 0.4) is 0 Å². The van der Waals surface area contributed by atoms with E-state index in [0.29, 0.717) is 12.1 Å². The van der Waals surface area contributed by atoms with E-state index in [-0.39, 0.29) is 12.3 Å². The largest absolute Gasteiger partial charge is 0.481 e. The smallest absolute Gasteiger partial charge is 0.316 e. The first-order valence-corrected chi connectivity index (χ1v) is 9.86. The maximum Gasteiger partial charge on any atom is 0.316 e. The molecule has 3 aromatic carbocycles. The molecule has 0 heterocycles. The van der Waals surface area contributed by atoms with Crippen LogP contribution in [0, 0.1) is 5.92 Å². The van der Waals surface area contributed by atoms with Gasteiger partial charge in [0.15, 0.2) is 0 Å². The van der Waals surface area contributed by atoms with Crippen LogP contribution in [0.2, 0.25) is 0 Å². The summed E-state index contributed by atoms with van der Waals surface area (Å²) in [7, 11) is 1.77. The quantitative estimate of drug-likeness (QED) is 0.550. The van der Waals surface area contributed by atoms with E-state index in [1.165, 1.54) is 0 Å². The van der Waals surface area contributed by atoms with Crippen molar-refractivity contribution in [2.45, 2.75) is 13.0 Å². The first kappa shape index (κ1) is 21.8. The highest BCUT2D eigenvalue weighted by Crippen LogP contribution is 2.23. The van der Waals surface area contributed by atoms with Gasteiger partial charge in [-0.1, -0.05) is 60.7 Å². The predicted molar refractivity (Wildman–Crippen MR) is 118 cm³/mol. The Balaban J connectivity index is 1.72. The average Bonchev–Trinajstić information content (AvgIpc) is 2.77. The van der Waals surface area contributed by atoms with Crippen molar-refractivity contribution in [2.24, 2.45) is 11.7 Å². The predicted octanol–water partition coefficient (Wildman–Crippen LogP) is 3.35. The molecule has 0 aliphatic carbocycles. The molecule has 31 heavy (non-hydrogen) atoms. The van der Waals surface area contributed by atoms with Crippen LogP contribution in [0.1, 0.15) is 21.5 Å². The van der Waals surface area contributed by atoms with Crippen molar-refractivity contribution in [1.29, 1.82) is 0 Å². The highest BCUT2D eigenvalue weighted by molar-refractivity contribution is 5.96. The highest BCUT2D eigenvalue weighted by atomic mass is 16.4. The van der Waals surface area contributed by atoms with Gasteiger partial charge in [-0.15, -0.1) is 0 Å². The Kier molecular flexibility index (Phi) is 6.82. The lowest BCUT2D eigenvalue weighted by molar-refractivity contribution is -0.145. The molecule has 3 aromatic rings. The lowest BCUT2D eigenvalue weighted by Crippen LogP contribution is -2.31. The van der Waals surface area contributed by atoms with Crippen molar-refractivity contribution in [2.75, 3.05) is 7.05 Å². The second-order valence-electron chi connectivity index (χ2n) is 7.42. The molecule has 0 aliphatic rings. The van der Waals surface area contributed by atoms with Gasteiger partial charge in [0.1, 0.15) is 5.92 Å². The fourth-order valence-electron chi connectivity index (χ4n) is 3.37. The van der Waals surface area contributed by atoms with Crippen LogP contribution in [0.5, 0.6) is 0 Å². The summed E-state index contributed by atoms with van der Waals surface area (Å²) in [6.45, 7) is 0.471. The molecule has 1 atom stereocenters. The van der Waals surface area contributed by atoms with E-state index in [1.54, 1.807) is 36.2 Å². The number of primary amides is 1. The lowest BCUT2D eigenvalue weighted by atomic mass is 9.96. The number of amides is 2. The normalized spacial score (nSPS) is 11.5. The number of aliphatic carboxylic acids is 1. The van der Waals surface area contributed by atoms with Gasteiger partial charge in [0.05, 0.1) is 0 Å². The number of rotatable bonds is 8. The molecule has 0 aliphatic heterocycles. The molecule has 0 aromatic heterocycles. The Hall–Kier alpha value is -3.93. The molecule has 6 heteroatoms. The number of hydrogen-bond donors (Lipinski definition) is 2. The Labute approximate surface area is 180 Å². The third-order valence-corrected chi connectivity index (χ3v) is 5.08. The first-order valence-electron chi connectivity index (χ1n) is 9.86. The van der Waals surface area contributed by atoms with Gasteiger partial charge in [-0.3, -0.25) is 14.4 Å². The van der Waals surface area contributed by atoms with Crippen molar-refractivity contribution in [3.8, 4) is 11.1 Å². The Morgan fingerprint density at radius 3 is 2.16 bits per heavy atom. The van der Waals surface area contributed by atoms with Gasteiger partial charge >= 0.3 is 5.97 Å². The van der Waals surface area contributed by atoms with Crippen molar-refractivity contribution in [3.05, 3.63) is 95.6 Å². The fraction of sp³-hybridized carbons (Fsp3) is 0.160. The van der Waals surface area contributed by atoms with E-state index in [2.05, 4.69) is 0 Å². The molecular weight excluding hydrogens is 392 g/mol. The van der Waals surface area contributed by atoms with E-state index in [0.717, 1.165) is 22.3 Å². The third kappa shape index (κ3) is 5.57. The van der Waals surface area contributed by atoms with Crippen LogP contribution in [-0.4, -0.2) is 34.8 Å². The molecule has 0 spiro atoms. The standard InChI is InChI=1S/C25H24N2O4/c1-27(24(29)20-7-3-2-4-8-20)16-18-6-5-9-21(14-18)19-12-10-17(11-13-19)15-22(23(26)28)25(30)31/h2-14,22H,15-16H2,1H3,(H2,26,28)(H,30,31). The minimum absolute atomic E-state index is 0.0437. The van der Waals surface area contributed by atoms with Gasteiger partial charge in [0.2, 0.25) is 5.91 Å². The second kappa shape index (κ2) is 9.71. The number of carbonyl (C=O) groups is 3. The van der Waals surface area contributed by atoms with Crippen molar-refractivity contribution in [3.63, 3.8) is 0 Å². The van der Waals surface area contributed by atoms with Crippen LogP contribution in [0.4, 0.5) is 0 Å². The summed E-state index contributed by atoms with van der Waals surface area (Å²) >= 11 is 0. The molecule has 3 N–H and O–H groups in total. The SMILES string of the molecule is CN(Cc1cccc(-c2ccc(CC(C(N)=O)C(=O)O)cc2)c1)C(=O)c1ccccc1. The molecule has 0 saturated heterocycles. The first-order chi connectivity index (χ1) is 14.8. The lowest BCUT2D eigenvalue weighted by Gasteiger charge is -2.18. The van der Waals surface area contributed by atoms with E-state index in [4.69, 9.17) is 10.8 Å². The number of nitrogens with two attached hydrogens (primary N) is 1. The van der Waals surface area contributed by atoms with Gasteiger partial charge in [0, 0.05) is 19.2 Å². The summed E-state index contributed by atoms with van der Waals surface area (Å²) in [4.78, 5) is 36.7. The molecule has 0 radical (unpaired) electrons. The van der Waals surface area contributed by atoms with Gasteiger partial charge in [-0.25, -0.2) is 0 Å². The number of carboxylic acids is 1. The zero-order valence-corrected chi connectivity index (χ0v) is 17.2. The zero-order valence-electron chi connectivity index (χ0n) is 17.2. The number of nitrogens with zero attached hydrogens (tertiary/aromatic N) is 1. The van der Waals surface area contributed by atoms with Crippen LogP contribution < -0.4 is 5.73 Å². The number of hydrogen-bond acceptors (Lipinski definition) is 3. The number of carbonyl (C=O) groups excluding carboxylic acids is 2. The molecular formula is C25H24N2O4. The zero-order chi connectivity index (χ0) is 22.4. The molecule has 6 nitrogen and oxygen atoms in total. The van der Waals surface area contributed by atoms with E-state index in [9.17, 15) is 14.4 Å². The van der Waals surface area contributed by atoms with Crippen molar-refractivity contribution in [1.82, 2.24) is 4.90 Å². The molecule has 0 saturated carbocycles.